The van der Waals surface area contributed by atoms with E-state index in [2.05, 4.69) is 45.0 Å². The predicted octanol–water partition coefficient (Wildman–Crippen LogP) is 8.62. The quantitative estimate of drug-likeness (QED) is 0.272. The van der Waals surface area contributed by atoms with Gasteiger partial charge in [0.05, 0.1) is 12.5 Å². The molecule has 30 heavy (non-hydrogen) atoms. The van der Waals surface area contributed by atoms with Gasteiger partial charge in [-0.05, 0) is 42.9 Å². The summed E-state index contributed by atoms with van der Waals surface area (Å²) in [4.78, 5) is 9.93. The van der Waals surface area contributed by atoms with Crippen LogP contribution in [0.4, 0.5) is 0 Å². The van der Waals surface area contributed by atoms with Crippen molar-refractivity contribution in [2.24, 2.45) is 5.92 Å². The fraction of sp³-hybridized carbons (Fsp3) is 0.741. The van der Waals surface area contributed by atoms with Crippen molar-refractivity contribution in [1.82, 2.24) is 0 Å². The van der Waals surface area contributed by atoms with Gasteiger partial charge in [-0.25, -0.2) is 0 Å². The van der Waals surface area contributed by atoms with Crippen LogP contribution in [0, 0.1) is 5.92 Å². The van der Waals surface area contributed by atoms with Crippen LogP contribution in [-0.4, -0.2) is 17.7 Å². The van der Waals surface area contributed by atoms with Crippen LogP contribution in [0.5, 0.6) is 5.75 Å². The molecule has 2 atom stereocenters. The Hall–Kier alpha value is -1.51. The van der Waals surface area contributed by atoms with Crippen molar-refractivity contribution >= 4 is 5.97 Å². The molecule has 0 aromatic heterocycles. The van der Waals surface area contributed by atoms with E-state index in [1.54, 1.807) is 6.92 Å². The summed E-state index contributed by atoms with van der Waals surface area (Å²) >= 11 is 0. The van der Waals surface area contributed by atoms with E-state index < -0.39 is 5.97 Å². The SMILES string of the molecule is CCC(C)C(=O)O.CCCCCCCCCCCCOc1ccc(C(C)CC)cc1. The number of carbonyl (C=O) groups is 1. The maximum absolute atomic E-state index is 9.93. The molecule has 0 aliphatic heterocycles. The van der Waals surface area contributed by atoms with Gasteiger partial charge in [-0.15, -0.1) is 0 Å². The van der Waals surface area contributed by atoms with Crippen molar-refractivity contribution in [3.8, 4) is 5.75 Å². The summed E-state index contributed by atoms with van der Waals surface area (Å²) in [7, 11) is 0. The summed E-state index contributed by atoms with van der Waals surface area (Å²) in [6.45, 7) is 11.2. The Morgan fingerprint density at radius 1 is 0.800 bits per heavy atom. The van der Waals surface area contributed by atoms with E-state index in [0.717, 1.165) is 18.8 Å². The number of benzene rings is 1. The third kappa shape index (κ3) is 15.3. The largest absolute Gasteiger partial charge is 0.494 e. The summed E-state index contributed by atoms with van der Waals surface area (Å²) in [5.41, 5.74) is 1.42. The van der Waals surface area contributed by atoms with E-state index in [-0.39, 0.29) is 5.92 Å². The van der Waals surface area contributed by atoms with Gasteiger partial charge >= 0.3 is 5.97 Å². The van der Waals surface area contributed by atoms with Gasteiger partial charge < -0.3 is 9.84 Å². The number of hydrogen-bond acceptors (Lipinski definition) is 2. The molecular weight excluding hydrogens is 372 g/mol. The Morgan fingerprint density at radius 3 is 1.70 bits per heavy atom. The van der Waals surface area contributed by atoms with E-state index in [1.165, 1.54) is 76.2 Å². The van der Waals surface area contributed by atoms with Crippen LogP contribution in [0.2, 0.25) is 0 Å². The third-order valence-corrected chi connectivity index (χ3v) is 5.86. The standard InChI is InChI=1S/C22H38O.C5H10O2/c1-4-6-7-8-9-10-11-12-13-14-19-23-22-17-15-21(16-18-22)20(3)5-2;1-3-4(2)5(6)7/h15-18,20H,4-14,19H2,1-3H3;4H,3H2,1-2H3,(H,6,7). The van der Waals surface area contributed by atoms with Crippen LogP contribution < -0.4 is 4.74 Å². The molecule has 3 nitrogen and oxygen atoms in total. The first kappa shape index (κ1) is 28.5. The molecule has 174 valence electrons. The number of carboxylic acids is 1. The maximum atomic E-state index is 9.93. The molecule has 0 fully saturated rings. The number of unbranched alkanes of at least 4 members (excludes halogenated alkanes) is 9. The topological polar surface area (TPSA) is 46.5 Å². The van der Waals surface area contributed by atoms with Gasteiger partial charge in [-0.1, -0.05) is 105 Å². The predicted molar refractivity (Wildman–Crippen MR) is 130 cm³/mol. The maximum Gasteiger partial charge on any atom is 0.306 e. The molecule has 2 unspecified atom stereocenters. The van der Waals surface area contributed by atoms with E-state index in [1.807, 2.05) is 6.92 Å². The highest BCUT2D eigenvalue weighted by Gasteiger charge is 2.05. The van der Waals surface area contributed by atoms with Gasteiger partial charge in [0.15, 0.2) is 0 Å². The molecule has 0 saturated carbocycles. The number of rotatable bonds is 16. The molecule has 0 amide bonds. The van der Waals surface area contributed by atoms with Crippen molar-refractivity contribution < 1.29 is 14.6 Å². The van der Waals surface area contributed by atoms with Crippen LogP contribution in [0.1, 0.15) is 123 Å². The minimum absolute atomic E-state index is 0.181. The lowest BCUT2D eigenvalue weighted by Crippen LogP contribution is -2.06. The molecular formula is C27H48O3. The summed E-state index contributed by atoms with van der Waals surface area (Å²) in [6.07, 6.45) is 15.6. The zero-order valence-electron chi connectivity index (χ0n) is 20.4. The summed E-state index contributed by atoms with van der Waals surface area (Å²) in [5, 5.41) is 8.18. The number of carboxylic acid groups (broad SMARTS) is 1. The zero-order chi connectivity index (χ0) is 22.6. The van der Waals surface area contributed by atoms with E-state index in [0.29, 0.717) is 5.92 Å². The Morgan fingerprint density at radius 2 is 1.30 bits per heavy atom. The average Bonchev–Trinajstić information content (AvgIpc) is 2.77. The van der Waals surface area contributed by atoms with Crippen molar-refractivity contribution in [3.63, 3.8) is 0 Å². The first-order valence-corrected chi connectivity index (χ1v) is 12.4. The Bertz CT molecular complexity index is 509. The van der Waals surface area contributed by atoms with Crippen molar-refractivity contribution in [3.05, 3.63) is 29.8 Å². The molecule has 1 N–H and O–H groups in total. The zero-order valence-corrected chi connectivity index (χ0v) is 20.4. The fourth-order valence-electron chi connectivity index (χ4n) is 3.08. The third-order valence-electron chi connectivity index (χ3n) is 5.86. The van der Waals surface area contributed by atoms with Crippen molar-refractivity contribution in [2.45, 2.75) is 118 Å². The molecule has 0 bridgehead atoms. The van der Waals surface area contributed by atoms with Crippen LogP contribution >= 0.6 is 0 Å². The second kappa shape index (κ2) is 19.5. The molecule has 0 spiro atoms. The van der Waals surface area contributed by atoms with Gasteiger partial charge in [0, 0.05) is 0 Å². The van der Waals surface area contributed by atoms with Gasteiger partial charge in [0.1, 0.15) is 5.75 Å². The van der Waals surface area contributed by atoms with Crippen LogP contribution in [-0.2, 0) is 4.79 Å². The molecule has 0 aliphatic carbocycles. The normalized spacial score (nSPS) is 12.6. The van der Waals surface area contributed by atoms with E-state index in [4.69, 9.17) is 9.84 Å². The van der Waals surface area contributed by atoms with Gasteiger partial charge in [-0.2, -0.15) is 0 Å². The highest BCUT2D eigenvalue weighted by Crippen LogP contribution is 2.21. The summed E-state index contributed by atoms with van der Waals surface area (Å²) in [5.74, 6) is 0.779. The number of hydrogen-bond donors (Lipinski definition) is 1. The highest BCUT2D eigenvalue weighted by molar-refractivity contribution is 5.69. The minimum atomic E-state index is -0.706. The molecule has 0 aliphatic rings. The van der Waals surface area contributed by atoms with Crippen LogP contribution in [0.3, 0.4) is 0 Å². The lowest BCUT2D eigenvalue weighted by molar-refractivity contribution is -0.141. The van der Waals surface area contributed by atoms with Crippen LogP contribution in [0.25, 0.3) is 0 Å². The molecule has 1 rings (SSSR count). The summed E-state index contributed by atoms with van der Waals surface area (Å²) < 4.78 is 5.85. The van der Waals surface area contributed by atoms with Crippen molar-refractivity contribution in [1.29, 1.82) is 0 Å². The lowest BCUT2D eigenvalue weighted by atomic mass is 9.99. The minimum Gasteiger partial charge on any atom is -0.494 e. The van der Waals surface area contributed by atoms with Gasteiger partial charge in [0.2, 0.25) is 0 Å². The monoisotopic (exact) mass is 420 g/mol. The highest BCUT2D eigenvalue weighted by atomic mass is 16.5. The van der Waals surface area contributed by atoms with Crippen LogP contribution in [0.15, 0.2) is 24.3 Å². The Kier molecular flexibility index (Phi) is 18.5. The van der Waals surface area contributed by atoms with Gasteiger partial charge in [0.25, 0.3) is 0 Å². The molecule has 1 aromatic carbocycles. The van der Waals surface area contributed by atoms with E-state index in [9.17, 15) is 4.79 Å². The molecule has 0 saturated heterocycles. The lowest BCUT2D eigenvalue weighted by Gasteiger charge is -2.10. The molecule has 0 radical (unpaired) electrons. The second-order valence-corrected chi connectivity index (χ2v) is 8.56. The smallest absolute Gasteiger partial charge is 0.306 e. The first-order chi connectivity index (χ1) is 14.5. The molecule has 1 aromatic rings. The average molecular weight is 421 g/mol. The molecule has 0 heterocycles. The Balaban J connectivity index is 0.00000103. The molecule has 3 heteroatoms. The second-order valence-electron chi connectivity index (χ2n) is 8.56. The van der Waals surface area contributed by atoms with Crippen molar-refractivity contribution in [2.75, 3.05) is 6.61 Å². The Labute approximate surface area is 186 Å². The fourth-order valence-corrected chi connectivity index (χ4v) is 3.08. The van der Waals surface area contributed by atoms with Gasteiger partial charge in [-0.3, -0.25) is 4.79 Å². The van der Waals surface area contributed by atoms with E-state index >= 15 is 0 Å². The number of aliphatic carboxylic acids is 1. The summed E-state index contributed by atoms with van der Waals surface area (Å²) in [6, 6.07) is 8.67. The number of ether oxygens (including phenoxy) is 1. The first-order valence-electron chi connectivity index (χ1n) is 12.4.